The van der Waals surface area contributed by atoms with Crippen LogP contribution < -0.4 is 0 Å². The quantitative estimate of drug-likeness (QED) is 0.603. The Labute approximate surface area is 156 Å². The summed E-state index contributed by atoms with van der Waals surface area (Å²) in [6, 6.07) is -0.798. The van der Waals surface area contributed by atoms with Crippen LogP contribution in [-0.2, 0) is 14.3 Å². The number of hydrogen-bond acceptors (Lipinski definition) is 4. The van der Waals surface area contributed by atoms with Gasteiger partial charge in [0.15, 0.2) is 0 Å². The summed E-state index contributed by atoms with van der Waals surface area (Å²) in [7, 11) is 5.18. The molecular formula is C20H32N2O4. The highest BCUT2D eigenvalue weighted by molar-refractivity contribution is 5.85. The molecule has 1 aliphatic heterocycles. The number of carboxylic acid groups (broad SMARTS) is 1. The molecule has 0 aromatic heterocycles. The van der Waals surface area contributed by atoms with Crippen molar-refractivity contribution in [1.29, 1.82) is 0 Å². The number of methoxy groups -OCH3 is 1. The standard InChI is InChI=1S/C20H32N2O4/c1-7-10-15(8-2)13-17(20(24)25)22(5)19(23)14(3)18(26-6)16-11-9-12-21(16)4/h7-8,10,14,16-18H,1-2,9,11-13H2,3-6H3,(H,24,25)/b15-10+. The van der Waals surface area contributed by atoms with Crippen LogP contribution in [0.4, 0.5) is 0 Å². The zero-order chi connectivity index (χ0) is 19.9. The van der Waals surface area contributed by atoms with Crippen LogP contribution in [0.1, 0.15) is 26.2 Å². The van der Waals surface area contributed by atoms with Gasteiger partial charge < -0.3 is 19.6 Å². The molecule has 0 saturated carbocycles. The monoisotopic (exact) mass is 364 g/mol. The van der Waals surface area contributed by atoms with Gasteiger partial charge in [0, 0.05) is 26.6 Å². The molecule has 1 N–H and O–H groups in total. The highest BCUT2D eigenvalue weighted by Gasteiger charge is 2.39. The summed E-state index contributed by atoms with van der Waals surface area (Å²) in [6.45, 7) is 10.1. The summed E-state index contributed by atoms with van der Waals surface area (Å²) in [5.74, 6) is -1.71. The third-order valence-electron chi connectivity index (χ3n) is 5.23. The van der Waals surface area contributed by atoms with Gasteiger partial charge in [0.1, 0.15) is 6.04 Å². The second kappa shape index (κ2) is 10.3. The first-order chi connectivity index (χ1) is 12.3. The predicted molar refractivity (Wildman–Crippen MR) is 103 cm³/mol. The summed E-state index contributed by atoms with van der Waals surface area (Å²) in [4.78, 5) is 28.2. The molecule has 6 nitrogen and oxygen atoms in total. The molecule has 1 saturated heterocycles. The van der Waals surface area contributed by atoms with Crippen LogP contribution in [0, 0.1) is 5.92 Å². The zero-order valence-corrected chi connectivity index (χ0v) is 16.4. The Hall–Kier alpha value is -1.92. The van der Waals surface area contributed by atoms with Gasteiger partial charge in [0.05, 0.1) is 12.0 Å². The molecule has 4 unspecified atom stereocenters. The lowest BCUT2D eigenvalue weighted by Crippen LogP contribution is -2.51. The molecule has 1 amide bonds. The minimum atomic E-state index is -1.04. The summed E-state index contributed by atoms with van der Waals surface area (Å²) >= 11 is 0. The number of ether oxygens (including phenoxy) is 1. The number of aliphatic carboxylic acids is 1. The van der Waals surface area contributed by atoms with E-state index in [1.165, 1.54) is 11.9 Å². The largest absolute Gasteiger partial charge is 0.480 e. The molecule has 1 aliphatic rings. The number of carbonyl (C=O) groups excluding carboxylic acids is 1. The van der Waals surface area contributed by atoms with Crippen LogP contribution in [0.15, 0.2) is 37.0 Å². The number of nitrogens with zero attached hydrogens (tertiary/aromatic N) is 2. The van der Waals surface area contributed by atoms with Crippen LogP contribution in [0.25, 0.3) is 0 Å². The van der Waals surface area contributed by atoms with E-state index in [1.807, 2.05) is 14.0 Å². The van der Waals surface area contributed by atoms with Crippen molar-refractivity contribution in [2.24, 2.45) is 5.92 Å². The highest BCUT2D eigenvalue weighted by atomic mass is 16.5. The summed E-state index contributed by atoms with van der Waals surface area (Å²) in [5, 5.41) is 9.62. The number of amides is 1. The Bertz CT molecular complexity index is 558. The van der Waals surface area contributed by atoms with Gasteiger partial charge in [-0.25, -0.2) is 4.79 Å². The third-order valence-corrected chi connectivity index (χ3v) is 5.23. The van der Waals surface area contributed by atoms with Crippen molar-refractivity contribution in [3.63, 3.8) is 0 Å². The first kappa shape index (κ1) is 22.1. The van der Waals surface area contributed by atoms with Gasteiger partial charge in [-0.05, 0) is 32.0 Å². The summed E-state index contributed by atoms with van der Waals surface area (Å²) in [6.07, 6.45) is 6.83. The second-order valence-electron chi connectivity index (χ2n) is 6.87. The molecule has 0 spiro atoms. The van der Waals surface area contributed by atoms with Crippen molar-refractivity contribution in [3.8, 4) is 0 Å². The topological polar surface area (TPSA) is 70.1 Å². The molecule has 146 valence electrons. The summed E-state index contributed by atoms with van der Waals surface area (Å²) in [5.41, 5.74) is 0.721. The van der Waals surface area contributed by atoms with E-state index >= 15 is 0 Å². The molecule has 0 bridgehead atoms. The highest BCUT2D eigenvalue weighted by Crippen LogP contribution is 2.26. The van der Waals surface area contributed by atoms with E-state index in [-0.39, 0.29) is 24.5 Å². The smallest absolute Gasteiger partial charge is 0.326 e. The zero-order valence-electron chi connectivity index (χ0n) is 16.4. The van der Waals surface area contributed by atoms with Crippen LogP contribution >= 0.6 is 0 Å². The normalized spacial score (nSPS) is 21.7. The maximum absolute atomic E-state index is 13.0. The molecule has 6 heteroatoms. The number of hydrogen-bond donors (Lipinski definition) is 1. The number of rotatable bonds is 10. The van der Waals surface area contributed by atoms with E-state index in [4.69, 9.17) is 4.74 Å². The molecule has 26 heavy (non-hydrogen) atoms. The lowest BCUT2D eigenvalue weighted by atomic mass is 9.93. The Morgan fingerprint density at radius 1 is 1.42 bits per heavy atom. The Balaban J connectivity index is 2.95. The first-order valence-corrected chi connectivity index (χ1v) is 8.95. The van der Waals surface area contributed by atoms with Crippen molar-refractivity contribution in [2.75, 3.05) is 27.7 Å². The fourth-order valence-corrected chi connectivity index (χ4v) is 3.64. The molecule has 0 aromatic rings. The van der Waals surface area contributed by atoms with Crippen LogP contribution in [0.5, 0.6) is 0 Å². The van der Waals surface area contributed by atoms with E-state index in [9.17, 15) is 14.7 Å². The number of likely N-dealkylation sites (tertiary alicyclic amines) is 1. The molecule has 0 aliphatic carbocycles. The van der Waals surface area contributed by atoms with Crippen molar-refractivity contribution >= 4 is 11.9 Å². The lowest BCUT2D eigenvalue weighted by Gasteiger charge is -2.35. The van der Waals surface area contributed by atoms with E-state index < -0.39 is 17.9 Å². The average molecular weight is 364 g/mol. The molecule has 0 aromatic carbocycles. The SMILES string of the molecule is C=C/C=C(\C=C)CC(C(=O)O)N(C)C(=O)C(C)C(OC)C1CCCN1C. The number of allylic oxidation sites excluding steroid dienone is 3. The maximum atomic E-state index is 13.0. The fraction of sp³-hybridized carbons (Fsp3) is 0.600. The summed E-state index contributed by atoms with van der Waals surface area (Å²) < 4.78 is 5.64. The van der Waals surface area contributed by atoms with Gasteiger partial charge in [0.25, 0.3) is 0 Å². The van der Waals surface area contributed by atoms with E-state index in [0.717, 1.165) is 25.0 Å². The minimum absolute atomic E-state index is 0.167. The van der Waals surface area contributed by atoms with Crippen molar-refractivity contribution in [2.45, 2.75) is 44.4 Å². The number of carbonyl (C=O) groups is 2. The molecule has 4 atom stereocenters. The van der Waals surface area contributed by atoms with Crippen molar-refractivity contribution in [1.82, 2.24) is 9.80 Å². The number of likely N-dealkylation sites (N-methyl/N-ethyl adjacent to an activating group) is 2. The third kappa shape index (κ3) is 5.29. The number of carboxylic acids is 1. The van der Waals surface area contributed by atoms with Gasteiger partial charge >= 0.3 is 5.97 Å². The first-order valence-electron chi connectivity index (χ1n) is 8.95. The van der Waals surface area contributed by atoms with Crippen molar-refractivity contribution < 1.29 is 19.4 Å². The van der Waals surface area contributed by atoms with Gasteiger partial charge in [-0.2, -0.15) is 0 Å². The Morgan fingerprint density at radius 3 is 2.50 bits per heavy atom. The average Bonchev–Trinajstić information content (AvgIpc) is 3.03. The van der Waals surface area contributed by atoms with Crippen LogP contribution in [0.2, 0.25) is 0 Å². The lowest BCUT2D eigenvalue weighted by molar-refractivity contribution is -0.153. The van der Waals surface area contributed by atoms with E-state index in [2.05, 4.69) is 18.1 Å². The van der Waals surface area contributed by atoms with Gasteiger partial charge in [-0.1, -0.05) is 38.3 Å². The predicted octanol–water partition coefficient (Wildman–Crippen LogP) is 2.33. The van der Waals surface area contributed by atoms with Crippen molar-refractivity contribution in [3.05, 3.63) is 37.0 Å². The van der Waals surface area contributed by atoms with Gasteiger partial charge in [-0.3, -0.25) is 4.79 Å². The second-order valence-corrected chi connectivity index (χ2v) is 6.87. The van der Waals surface area contributed by atoms with E-state index in [0.29, 0.717) is 0 Å². The van der Waals surface area contributed by atoms with E-state index in [1.54, 1.807) is 25.3 Å². The molecule has 0 radical (unpaired) electrons. The minimum Gasteiger partial charge on any atom is -0.480 e. The van der Waals surface area contributed by atoms with Crippen LogP contribution in [-0.4, -0.2) is 72.7 Å². The van der Waals surface area contributed by atoms with Gasteiger partial charge in [-0.15, -0.1) is 0 Å². The Kier molecular flexibility index (Phi) is 8.75. The molecule has 1 rings (SSSR count). The fourth-order valence-electron chi connectivity index (χ4n) is 3.64. The molecule has 1 heterocycles. The Morgan fingerprint density at radius 2 is 2.08 bits per heavy atom. The van der Waals surface area contributed by atoms with Gasteiger partial charge in [0.2, 0.25) is 5.91 Å². The molecular weight excluding hydrogens is 332 g/mol. The molecule has 1 fully saturated rings. The van der Waals surface area contributed by atoms with Crippen LogP contribution in [0.3, 0.4) is 0 Å². The maximum Gasteiger partial charge on any atom is 0.326 e.